The highest BCUT2D eigenvalue weighted by molar-refractivity contribution is 7.71. The molecule has 0 saturated carbocycles. The maximum Gasteiger partial charge on any atom is 0.262 e. The van der Waals surface area contributed by atoms with Gasteiger partial charge in [-0.1, -0.05) is 20.8 Å². The van der Waals surface area contributed by atoms with Crippen molar-refractivity contribution in [1.29, 1.82) is 0 Å². The van der Waals surface area contributed by atoms with E-state index in [0.717, 1.165) is 39.1 Å². The van der Waals surface area contributed by atoms with Gasteiger partial charge in [0.1, 0.15) is 0 Å². The van der Waals surface area contributed by atoms with E-state index in [-0.39, 0.29) is 11.5 Å². The Balaban J connectivity index is 1.76. The van der Waals surface area contributed by atoms with Gasteiger partial charge in [-0.2, -0.15) is 0 Å². The Morgan fingerprint density at radius 2 is 2.07 bits per heavy atom. The van der Waals surface area contributed by atoms with Crippen molar-refractivity contribution >= 4 is 29.0 Å². The maximum absolute atomic E-state index is 12.9. The summed E-state index contributed by atoms with van der Waals surface area (Å²) in [5, 5.41) is 3.60. The van der Waals surface area contributed by atoms with E-state index in [4.69, 9.17) is 12.2 Å². The van der Waals surface area contributed by atoms with Crippen LogP contribution in [-0.4, -0.2) is 70.6 Å². The van der Waals surface area contributed by atoms with Crippen LogP contribution >= 0.6 is 12.2 Å². The van der Waals surface area contributed by atoms with Crippen molar-refractivity contribution in [3.63, 3.8) is 0 Å². The first-order chi connectivity index (χ1) is 14.5. The lowest BCUT2D eigenvalue weighted by atomic mass is 10.1. The number of aromatic amines is 1. The number of benzene rings is 1. The molecule has 0 bridgehead atoms. The van der Waals surface area contributed by atoms with Gasteiger partial charge in [0.2, 0.25) is 0 Å². The molecule has 0 radical (unpaired) electrons. The molecule has 1 saturated heterocycles. The predicted octanol–water partition coefficient (Wildman–Crippen LogP) is 2.61. The zero-order chi connectivity index (χ0) is 21.7. The molecule has 3 rings (SSSR count). The molecule has 1 amide bonds. The smallest absolute Gasteiger partial charge is 0.262 e. The zero-order valence-corrected chi connectivity index (χ0v) is 19.1. The molecule has 2 N–H and O–H groups in total. The van der Waals surface area contributed by atoms with E-state index in [0.29, 0.717) is 40.4 Å². The Kier molecular flexibility index (Phi) is 7.80. The van der Waals surface area contributed by atoms with E-state index < -0.39 is 0 Å². The predicted molar refractivity (Wildman–Crippen MR) is 124 cm³/mol. The SMILES string of the molecule is CCN(CC)CCn1c(=S)[nH]c2cc(C(=O)NCC3CCCN3CC)ccc2c1=O. The molecule has 1 aromatic carbocycles. The lowest BCUT2D eigenvalue weighted by Gasteiger charge is -2.22. The molecule has 0 aliphatic carbocycles. The number of likely N-dealkylation sites (tertiary alicyclic amines) is 1. The third-order valence-electron chi connectivity index (χ3n) is 6.18. The molecule has 1 aromatic heterocycles. The number of likely N-dealkylation sites (N-methyl/N-ethyl adjacent to an activating group) is 2. The van der Waals surface area contributed by atoms with Gasteiger partial charge in [0.25, 0.3) is 11.5 Å². The Hall–Kier alpha value is -2.03. The maximum atomic E-state index is 12.9. The first-order valence-corrected chi connectivity index (χ1v) is 11.4. The normalized spacial score (nSPS) is 17.1. The fraction of sp³-hybridized carbons (Fsp3) is 0.591. The van der Waals surface area contributed by atoms with Crippen molar-refractivity contribution in [2.24, 2.45) is 0 Å². The summed E-state index contributed by atoms with van der Waals surface area (Å²) in [5.74, 6) is -0.120. The summed E-state index contributed by atoms with van der Waals surface area (Å²) in [6, 6.07) is 5.57. The van der Waals surface area contributed by atoms with Gasteiger partial charge in [-0.25, -0.2) is 0 Å². The zero-order valence-electron chi connectivity index (χ0n) is 18.2. The van der Waals surface area contributed by atoms with Crippen LogP contribution in [0.3, 0.4) is 0 Å². The number of rotatable bonds is 9. The van der Waals surface area contributed by atoms with Gasteiger partial charge in [0, 0.05) is 31.2 Å². The van der Waals surface area contributed by atoms with Crippen LogP contribution in [0.4, 0.5) is 0 Å². The minimum Gasteiger partial charge on any atom is -0.350 e. The Morgan fingerprint density at radius 1 is 1.30 bits per heavy atom. The second-order valence-electron chi connectivity index (χ2n) is 7.81. The molecule has 0 spiro atoms. The molecular weight excluding hydrogens is 398 g/mol. The van der Waals surface area contributed by atoms with Crippen LogP contribution in [0.2, 0.25) is 0 Å². The number of amides is 1. The monoisotopic (exact) mass is 431 g/mol. The third kappa shape index (κ3) is 4.99. The molecule has 2 aromatic rings. The van der Waals surface area contributed by atoms with E-state index >= 15 is 0 Å². The fourth-order valence-corrected chi connectivity index (χ4v) is 4.52. The van der Waals surface area contributed by atoms with E-state index in [1.165, 1.54) is 6.42 Å². The Labute approximate surface area is 183 Å². The first kappa shape index (κ1) is 22.7. The topological polar surface area (TPSA) is 73.4 Å². The molecule has 1 unspecified atom stereocenters. The van der Waals surface area contributed by atoms with E-state index in [2.05, 4.69) is 40.9 Å². The minimum atomic E-state index is -0.120. The molecule has 1 atom stereocenters. The quantitative estimate of drug-likeness (QED) is 0.597. The summed E-state index contributed by atoms with van der Waals surface area (Å²) >= 11 is 5.43. The molecule has 164 valence electrons. The van der Waals surface area contributed by atoms with Crippen molar-refractivity contribution in [3.8, 4) is 0 Å². The van der Waals surface area contributed by atoms with Gasteiger partial charge in [-0.3, -0.25) is 19.1 Å². The van der Waals surface area contributed by atoms with Crippen LogP contribution in [0.5, 0.6) is 0 Å². The van der Waals surface area contributed by atoms with Gasteiger partial charge >= 0.3 is 0 Å². The van der Waals surface area contributed by atoms with Crippen molar-refractivity contribution in [3.05, 3.63) is 38.9 Å². The number of fused-ring (bicyclic) bond motifs is 1. The summed E-state index contributed by atoms with van der Waals surface area (Å²) in [6.45, 7) is 12.3. The molecular formula is C22H33N5O2S. The average Bonchev–Trinajstić information content (AvgIpc) is 3.21. The van der Waals surface area contributed by atoms with Crippen molar-refractivity contribution in [1.82, 2.24) is 24.7 Å². The van der Waals surface area contributed by atoms with Gasteiger partial charge < -0.3 is 15.2 Å². The molecule has 8 heteroatoms. The van der Waals surface area contributed by atoms with Gasteiger partial charge in [0.15, 0.2) is 4.77 Å². The van der Waals surface area contributed by atoms with Crippen LogP contribution in [-0.2, 0) is 6.54 Å². The molecule has 2 heterocycles. The van der Waals surface area contributed by atoms with E-state index in [1.807, 2.05) is 0 Å². The summed E-state index contributed by atoms with van der Waals surface area (Å²) in [6.07, 6.45) is 2.30. The Bertz CT molecular complexity index is 995. The van der Waals surface area contributed by atoms with E-state index in [1.54, 1.807) is 22.8 Å². The number of aromatic nitrogens is 2. The lowest BCUT2D eigenvalue weighted by Crippen LogP contribution is -2.40. The number of hydrogen-bond donors (Lipinski definition) is 2. The van der Waals surface area contributed by atoms with Crippen LogP contribution < -0.4 is 10.9 Å². The highest BCUT2D eigenvalue weighted by atomic mass is 32.1. The number of carbonyl (C=O) groups excluding carboxylic acids is 1. The van der Waals surface area contributed by atoms with Crippen molar-refractivity contribution in [2.45, 2.75) is 46.2 Å². The van der Waals surface area contributed by atoms with Crippen LogP contribution in [0.15, 0.2) is 23.0 Å². The van der Waals surface area contributed by atoms with Gasteiger partial charge in [-0.15, -0.1) is 0 Å². The van der Waals surface area contributed by atoms with Gasteiger partial charge in [-0.05, 0) is 69.4 Å². The summed E-state index contributed by atoms with van der Waals surface area (Å²) in [7, 11) is 0. The summed E-state index contributed by atoms with van der Waals surface area (Å²) in [4.78, 5) is 33.4. The van der Waals surface area contributed by atoms with Crippen LogP contribution in [0.1, 0.15) is 44.0 Å². The van der Waals surface area contributed by atoms with Gasteiger partial charge in [0.05, 0.1) is 10.9 Å². The largest absolute Gasteiger partial charge is 0.350 e. The highest BCUT2D eigenvalue weighted by Gasteiger charge is 2.23. The number of H-pyrrole nitrogens is 1. The third-order valence-corrected chi connectivity index (χ3v) is 6.50. The second kappa shape index (κ2) is 10.3. The minimum absolute atomic E-state index is 0.114. The first-order valence-electron chi connectivity index (χ1n) is 11.0. The van der Waals surface area contributed by atoms with Crippen molar-refractivity contribution < 1.29 is 4.79 Å². The number of carbonyl (C=O) groups is 1. The number of nitrogens with zero attached hydrogens (tertiary/aromatic N) is 3. The van der Waals surface area contributed by atoms with E-state index in [9.17, 15) is 9.59 Å². The number of nitrogens with one attached hydrogen (secondary N) is 2. The number of hydrogen-bond acceptors (Lipinski definition) is 5. The molecule has 1 aliphatic rings. The molecule has 30 heavy (non-hydrogen) atoms. The molecule has 1 aliphatic heterocycles. The molecule has 7 nitrogen and oxygen atoms in total. The highest BCUT2D eigenvalue weighted by Crippen LogP contribution is 2.16. The lowest BCUT2D eigenvalue weighted by molar-refractivity contribution is 0.0941. The summed E-state index contributed by atoms with van der Waals surface area (Å²) in [5.41, 5.74) is 1.03. The molecule has 1 fully saturated rings. The fourth-order valence-electron chi connectivity index (χ4n) is 4.24. The average molecular weight is 432 g/mol. The Morgan fingerprint density at radius 3 is 2.77 bits per heavy atom. The standard InChI is InChI=1S/C22H33N5O2S/c1-4-25(5-2)12-13-27-21(29)18-10-9-16(14-19(18)24-22(27)30)20(28)23-15-17-8-7-11-26(17)6-3/h9-10,14,17H,4-8,11-13,15H2,1-3H3,(H,23,28)(H,24,30). The van der Waals surface area contributed by atoms with Crippen molar-refractivity contribution in [2.75, 3.05) is 39.3 Å². The second-order valence-corrected chi connectivity index (χ2v) is 8.20. The summed E-state index contributed by atoms with van der Waals surface area (Å²) < 4.78 is 2.00. The van der Waals surface area contributed by atoms with Crippen LogP contribution in [0.25, 0.3) is 10.9 Å². The van der Waals surface area contributed by atoms with Crippen LogP contribution in [0, 0.1) is 4.77 Å².